The number of carboxylic acids is 1. The molecule has 5 nitrogen and oxygen atoms in total. The molecule has 1 rings (SSSR count). The molecule has 0 aliphatic carbocycles. The highest BCUT2D eigenvalue weighted by Gasteiger charge is 2.44. The van der Waals surface area contributed by atoms with Gasteiger partial charge in [0, 0.05) is 0 Å². The van der Waals surface area contributed by atoms with Gasteiger partial charge in [-0.05, 0) is 25.3 Å². The van der Waals surface area contributed by atoms with E-state index in [-0.39, 0.29) is 12.8 Å². The first-order valence-corrected chi connectivity index (χ1v) is 6.27. The highest BCUT2D eigenvalue weighted by Crippen LogP contribution is 2.18. The molecule has 0 saturated heterocycles. The molecule has 2 atom stereocenters. The number of aliphatic carboxylic acids is 1. The third-order valence-electron chi connectivity index (χ3n) is 2.92. The number of benzene rings is 1. The van der Waals surface area contributed by atoms with Crippen molar-refractivity contribution in [3.05, 3.63) is 42.0 Å². The Kier molecular flexibility index (Phi) is 5.61. The number of carbonyl (C=O) groups is 2. The van der Waals surface area contributed by atoms with Crippen LogP contribution in [0, 0.1) is 0 Å². The van der Waals surface area contributed by atoms with Crippen LogP contribution in [0.15, 0.2) is 36.4 Å². The van der Waals surface area contributed by atoms with Crippen LogP contribution in [-0.2, 0) is 9.59 Å². The van der Waals surface area contributed by atoms with Crippen molar-refractivity contribution in [3.63, 3.8) is 0 Å². The zero-order valence-corrected chi connectivity index (χ0v) is 11.2. The van der Waals surface area contributed by atoms with E-state index in [1.807, 2.05) is 30.3 Å². The maximum absolute atomic E-state index is 11.6. The van der Waals surface area contributed by atoms with Crippen LogP contribution in [0.25, 0.3) is 6.08 Å². The predicted molar refractivity (Wildman–Crippen MR) is 74.0 cm³/mol. The Hall–Kier alpha value is -1.98. The largest absolute Gasteiger partial charge is 0.479 e. The molecule has 1 aromatic rings. The quantitative estimate of drug-likeness (QED) is 0.652. The number of carboxylic acid groups (broad SMARTS) is 1. The lowest BCUT2D eigenvalue weighted by Crippen LogP contribution is -2.50. The second-order valence-corrected chi connectivity index (χ2v) is 4.56. The van der Waals surface area contributed by atoms with Gasteiger partial charge in [0.1, 0.15) is 6.10 Å². The Morgan fingerprint density at radius 2 is 1.90 bits per heavy atom. The molecule has 0 aliphatic rings. The fourth-order valence-corrected chi connectivity index (χ4v) is 1.76. The van der Waals surface area contributed by atoms with Crippen molar-refractivity contribution in [1.82, 2.24) is 0 Å². The van der Waals surface area contributed by atoms with Crippen LogP contribution in [-0.4, -0.2) is 38.8 Å². The molecule has 2 unspecified atom stereocenters. The molecular formula is C15H18O5. The smallest absolute Gasteiger partial charge is 0.343 e. The van der Waals surface area contributed by atoms with Crippen molar-refractivity contribution < 1.29 is 24.9 Å². The molecule has 5 heteroatoms. The summed E-state index contributed by atoms with van der Waals surface area (Å²) >= 11 is 0. The van der Waals surface area contributed by atoms with E-state index >= 15 is 0 Å². The van der Waals surface area contributed by atoms with E-state index in [4.69, 9.17) is 10.2 Å². The number of aliphatic hydroxyl groups excluding tert-OH is 1. The number of hydrogen-bond acceptors (Lipinski definition) is 4. The van der Waals surface area contributed by atoms with Crippen LogP contribution in [0.3, 0.4) is 0 Å². The summed E-state index contributed by atoms with van der Waals surface area (Å²) in [5.74, 6) is -2.74. The van der Waals surface area contributed by atoms with Gasteiger partial charge in [-0.3, -0.25) is 4.79 Å². The third kappa shape index (κ3) is 4.01. The number of aliphatic hydroxyl groups is 2. The second kappa shape index (κ2) is 6.98. The van der Waals surface area contributed by atoms with Crippen LogP contribution < -0.4 is 0 Å². The zero-order valence-electron chi connectivity index (χ0n) is 11.2. The highest BCUT2D eigenvalue weighted by atomic mass is 16.4. The van der Waals surface area contributed by atoms with Gasteiger partial charge in [0.05, 0.1) is 0 Å². The molecule has 3 N–H and O–H groups in total. The van der Waals surface area contributed by atoms with E-state index in [0.717, 1.165) is 12.5 Å². The van der Waals surface area contributed by atoms with Crippen LogP contribution >= 0.6 is 0 Å². The van der Waals surface area contributed by atoms with Gasteiger partial charge in [0.25, 0.3) is 0 Å². The predicted octanol–water partition coefficient (Wildman–Crippen LogP) is 1.25. The molecule has 20 heavy (non-hydrogen) atoms. The summed E-state index contributed by atoms with van der Waals surface area (Å²) in [5, 5.41) is 28.0. The fraction of sp³-hybridized carbons (Fsp3) is 0.333. The second-order valence-electron chi connectivity index (χ2n) is 4.56. The molecule has 0 amide bonds. The standard InChI is InChI=1S/C15H18O5/c1-11(16)13(17)15(20,14(18)19)10-6-5-9-12-7-3-2-4-8-12/h2-5,7-9,11,16,20H,6,10H2,1H3,(H,18,19). The van der Waals surface area contributed by atoms with E-state index < -0.39 is 23.5 Å². The number of Topliss-reactive ketones (excluding diaryl/α,β-unsaturated/α-hetero) is 1. The van der Waals surface area contributed by atoms with E-state index in [1.165, 1.54) is 0 Å². The summed E-state index contributed by atoms with van der Waals surface area (Å²) in [6.45, 7) is 1.13. The number of carbonyl (C=O) groups excluding carboxylic acids is 1. The average Bonchev–Trinajstić information content (AvgIpc) is 2.43. The Labute approximate surface area is 117 Å². The van der Waals surface area contributed by atoms with Gasteiger partial charge in [0.15, 0.2) is 0 Å². The SMILES string of the molecule is CC(O)C(=O)C(O)(CCC=Cc1ccccc1)C(=O)O. The Morgan fingerprint density at radius 1 is 1.30 bits per heavy atom. The molecule has 0 bridgehead atoms. The first kappa shape index (κ1) is 16.1. The minimum Gasteiger partial charge on any atom is -0.479 e. The first-order valence-electron chi connectivity index (χ1n) is 6.27. The molecule has 0 spiro atoms. The van der Waals surface area contributed by atoms with Crippen molar-refractivity contribution in [1.29, 1.82) is 0 Å². The first-order chi connectivity index (χ1) is 9.38. The van der Waals surface area contributed by atoms with Crippen molar-refractivity contribution >= 4 is 17.8 Å². The minimum atomic E-state index is -2.55. The molecule has 108 valence electrons. The summed E-state index contributed by atoms with van der Waals surface area (Å²) in [5.41, 5.74) is -1.61. The number of ketones is 1. The van der Waals surface area contributed by atoms with Gasteiger partial charge in [-0.1, -0.05) is 42.5 Å². The summed E-state index contributed by atoms with van der Waals surface area (Å²) < 4.78 is 0. The Balaban J connectivity index is 2.67. The molecule has 0 saturated carbocycles. The fourth-order valence-electron chi connectivity index (χ4n) is 1.76. The lowest BCUT2D eigenvalue weighted by Gasteiger charge is -2.22. The summed E-state index contributed by atoms with van der Waals surface area (Å²) in [7, 11) is 0. The van der Waals surface area contributed by atoms with E-state index in [2.05, 4.69) is 0 Å². The summed E-state index contributed by atoms with van der Waals surface area (Å²) in [6, 6.07) is 9.36. The van der Waals surface area contributed by atoms with Gasteiger partial charge in [-0.15, -0.1) is 0 Å². The van der Waals surface area contributed by atoms with E-state index in [0.29, 0.717) is 0 Å². The van der Waals surface area contributed by atoms with Crippen molar-refractivity contribution in [2.24, 2.45) is 0 Å². The topological polar surface area (TPSA) is 94.8 Å². The van der Waals surface area contributed by atoms with Gasteiger partial charge in [-0.25, -0.2) is 4.79 Å². The molecule has 1 aromatic carbocycles. The van der Waals surface area contributed by atoms with Crippen LogP contribution in [0.2, 0.25) is 0 Å². The molecule has 0 aromatic heterocycles. The highest BCUT2D eigenvalue weighted by molar-refractivity contribution is 6.07. The van der Waals surface area contributed by atoms with Gasteiger partial charge < -0.3 is 15.3 Å². The lowest BCUT2D eigenvalue weighted by atomic mass is 9.90. The van der Waals surface area contributed by atoms with Crippen molar-refractivity contribution in [2.75, 3.05) is 0 Å². The molecule has 0 heterocycles. The monoisotopic (exact) mass is 278 g/mol. The van der Waals surface area contributed by atoms with Gasteiger partial charge >= 0.3 is 5.97 Å². The molecule has 0 fully saturated rings. The molecule has 0 radical (unpaired) electrons. The maximum Gasteiger partial charge on any atom is 0.343 e. The maximum atomic E-state index is 11.6. The third-order valence-corrected chi connectivity index (χ3v) is 2.92. The average molecular weight is 278 g/mol. The van der Waals surface area contributed by atoms with E-state index in [9.17, 15) is 14.7 Å². The van der Waals surface area contributed by atoms with Crippen LogP contribution in [0.1, 0.15) is 25.3 Å². The van der Waals surface area contributed by atoms with Gasteiger partial charge in [0.2, 0.25) is 11.4 Å². The number of allylic oxidation sites excluding steroid dienone is 1. The molecule has 0 aliphatic heterocycles. The lowest BCUT2D eigenvalue weighted by molar-refractivity contribution is -0.169. The van der Waals surface area contributed by atoms with E-state index in [1.54, 1.807) is 12.2 Å². The van der Waals surface area contributed by atoms with Crippen LogP contribution in [0.4, 0.5) is 0 Å². The van der Waals surface area contributed by atoms with Crippen LogP contribution in [0.5, 0.6) is 0 Å². The molecular weight excluding hydrogens is 260 g/mol. The Bertz CT molecular complexity index is 492. The normalized spacial score (nSPS) is 15.8. The van der Waals surface area contributed by atoms with Gasteiger partial charge in [-0.2, -0.15) is 0 Å². The number of rotatable bonds is 7. The Morgan fingerprint density at radius 3 is 2.40 bits per heavy atom. The minimum absolute atomic E-state index is 0.205. The summed E-state index contributed by atoms with van der Waals surface area (Å²) in [4.78, 5) is 22.6. The van der Waals surface area contributed by atoms with Crippen molar-refractivity contribution in [2.45, 2.75) is 31.5 Å². The summed E-state index contributed by atoms with van der Waals surface area (Å²) in [6.07, 6.45) is 1.85. The number of hydrogen-bond donors (Lipinski definition) is 3. The van der Waals surface area contributed by atoms with Crippen molar-refractivity contribution in [3.8, 4) is 0 Å². The zero-order chi connectivity index (χ0) is 15.2.